The Labute approximate surface area is 95.2 Å². The molecule has 0 bridgehead atoms. The minimum Gasteiger partial charge on any atom is -0.312 e. The molecule has 1 rings (SSSR count). The molecule has 0 radical (unpaired) electrons. The van der Waals surface area contributed by atoms with Crippen molar-refractivity contribution in [2.75, 3.05) is 26.2 Å². The number of alkyl halides is 3. The third kappa shape index (κ3) is 5.16. The van der Waals surface area contributed by atoms with Gasteiger partial charge in [-0.15, -0.1) is 0 Å². The first-order valence-electron chi connectivity index (χ1n) is 5.93. The van der Waals surface area contributed by atoms with Crippen molar-refractivity contribution in [3.05, 3.63) is 0 Å². The van der Waals surface area contributed by atoms with Gasteiger partial charge >= 0.3 is 6.18 Å². The zero-order valence-corrected chi connectivity index (χ0v) is 9.98. The van der Waals surface area contributed by atoms with E-state index in [-0.39, 0.29) is 6.04 Å². The van der Waals surface area contributed by atoms with Gasteiger partial charge in [0.05, 0.1) is 6.54 Å². The molecule has 1 N–H and O–H groups in total. The Morgan fingerprint density at radius 1 is 1.44 bits per heavy atom. The molecule has 0 amide bonds. The van der Waals surface area contributed by atoms with Crippen molar-refractivity contribution in [2.24, 2.45) is 5.92 Å². The fourth-order valence-corrected chi connectivity index (χ4v) is 1.91. The van der Waals surface area contributed by atoms with Gasteiger partial charge in [0.15, 0.2) is 0 Å². The topological polar surface area (TPSA) is 15.3 Å². The van der Waals surface area contributed by atoms with E-state index < -0.39 is 12.7 Å². The molecule has 96 valence electrons. The number of nitrogens with zero attached hydrogens (tertiary/aromatic N) is 1. The van der Waals surface area contributed by atoms with Gasteiger partial charge in [0.1, 0.15) is 0 Å². The number of hydrogen-bond acceptors (Lipinski definition) is 2. The standard InChI is InChI=1S/C11H21F3N2/c1-3-9(2)6-15-10-4-5-16(7-10)8-11(12,13)14/h9-10,15H,3-8H2,1-2H3. The Morgan fingerprint density at radius 2 is 2.12 bits per heavy atom. The maximum absolute atomic E-state index is 12.1. The van der Waals surface area contributed by atoms with Crippen LogP contribution >= 0.6 is 0 Å². The van der Waals surface area contributed by atoms with Crippen LogP contribution in [0.3, 0.4) is 0 Å². The Morgan fingerprint density at radius 3 is 2.69 bits per heavy atom. The molecule has 0 aliphatic carbocycles. The second-order valence-electron chi connectivity index (χ2n) is 4.76. The molecule has 2 nitrogen and oxygen atoms in total. The Kier molecular flexibility index (Phi) is 5.05. The lowest BCUT2D eigenvalue weighted by Crippen LogP contribution is -2.38. The van der Waals surface area contributed by atoms with E-state index in [2.05, 4.69) is 19.2 Å². The van der Waals surface area contributed by atoms with Crippen LogP contribution in [0.2, 0.25) is 0 Å². The first-order chi connectivity index (χ1) is 7.40. The van der Waals surface area contributed by atoms with Gasteiger partial charge in [-0.1, -0.05) is 20.3 Å². The predicted molar refractivity (Wildman–Crippen MR) is 58.4 cm³/mol. The maximum Gasteiger partial charge on any atom is 0.401 e. The van der Waals surface area contributed by atoms with Crippen LogP contribution in [0.25, 0.3) is 0 Å². The van der Waals surface area contributed by atoms with Crippen molar-refractivity contribution >= 4 is 0 Å². The summed E-state index contributed by atoms with van der Waals surface area (Å²) in [4.78, 5) is 1.48. The summed E-state index contributed by atoms with van der Waals surface area (Å²) in [6.45, 7) is 5.48. The SMILES string of the molecule is CCC(C)CNC1CCN(CC(F)(F)F)C1. The van der Waals surface area contributed by atoms with Crippen LogP contribution in [0, 0.1) is 5.92 Å². The molecular formula is C11H21F3N2. The van der Waals surface area contributed by atoms with Gasteiger partial charge in [-0.2, -0.15) is 13.2 Å². The second kappa shape index (κ2) is 5.87. The first kappa shape index (κ1) is 13.8. The highest BCUT2D eigenvalue weighted by Crippen LogP contribution is 2.20. The van der Waals surface area contributed by atoms with E-state index in [1.54, 1.807) is 0 Å². The summed E-state index contributed by atoms with van der Waals surface area (Å²) >= 11 is 0. The van der Waals surface area contributed by atoms with Gasteiger partial charge in [0, 0.05) is 19.1 Å². The lowest BCUT2D eigenvalue weighted by Gasteiger charge is -2.19. The van der Waals surface area contributed by atoms with E-state index in [0.717, 1.165) is 19.4 Å². The normalized spacial score (nSPS) is 24.9. The Bertz CT molecular complexity index is 206. The monoisotopic (exact) mass is 238 g/mol. The second-order valence-corrected chi connectivity index (χ2v) is 4.76. The lowest BCUT2D eigenvalue weighted by molar-refractivity contribution is -0.143. The third-order valence-electron chi connectivity index (χ3n) is 3.13. The average Bonchev–Trinajstić information content (AvgIpc) is 2.59. The van der Waals surface area contributed by atoms with Crippen LogP contribution < -0.4 is 5.32 Å². The first-order valence-corrected chi connectivity index (χ1v) is 5.93. The van der Waals surface area contributed by atoms with Gasteiger partial charge in [0.2, 0.25) is 0 Å². The largest absolute Gasteiger partial charge is 0.401 e. The summed E-state index contributed by atoms with van der Waals surface area (Å²) in [5.41, 5.74) is 0. The molecule has 2 atom stereocenters. The van der Waals surface area contributed by atoms with E-state index >= 15 is 0 Å². The molecule has 16 heavy (non-hydrogen) atoms. The third-order valence-corrected chi connectivity index (χ3v) is 3.13. The summed E-state index contributed by atoms with van der Waals surface area (Å²) in [5, 5.41) is 3.34. The Hall–Kier alpha value is -0.290. The van der Waals surface area contributed by atoms with Crippen LogP contribution in [-0.4, -0.2) is 43.3 Å². The summed E-state index contributed by atoms with van der Waals surface area (Å²) < 4.78 is 36.4. The van der Waals surface area contributed by atoms with Crippen LogP contribution in [0.15, 0.2) is 0 Å². The van der Waals surface area contributed by atoms with Crippen molar-refractivity contribution in [2.45, 2.75) is 38.9 Å². The van der Waals surface area contributed by atoms with Crippen LogP contribution in [0.4, 0.5) is 13.2 Å². The fraction of sp³-hybridized carbons (Fsp3) is 1.00. The molecule has 1 heterocycles. The fourth-order valence-electron chi connectivity index (χ4n) is 1.91. The number of nitrogens with one attached hydrogen (secondary N) is 1. The number of likely N-dealkylation sites (tertiary alicyclic amines) is 1. The minimum atomic E-state index is -4.06. The number of halogens is 3. The van der Waals surface area contributed by atoms with Gasteiger partial charge in [-0.05, 0) is 18.9 Å². The molecule has 1 fully saturated rings. The van der Waals surface area contributed by atoms with Crippen molar-refractivity contribution in [1.29, 1.82) is 0 Å². The minimum absolute atomic E-state index is 0.233. The van der Waals surface area contributed by atoms with E-state index in [9.17, 15) is 13.2 Å². The predicted octanol–water partition coefficient (Wildman–Crippen LogP) is 2.26. The molecule has 5 heteroatoms. The quantitative estimate of drug-likeness (QED) is 0.790. The zero-order valence-electron chi connectivity index (χ0n) is 9.98. The molecule has 2 unspecified atom stereocenters. The van der Waals surface area contributed by atoms with E-state index in [4.69, 9.17) is 0 Å². The van der Waals surface area contributed by atoms with Gasteiger partial charge in [0.25, 0.3) is 0 Å². The van der Waals surface area contributed by atoms with Crippen LogP contribution in [0.5, 0.6) is 0 Å². The molecule has 0 spiro atoms. The number of hydrogen-bond donors (Lipinski definition) is 1. The van der Waals surface area contributed by atoms with Crippen LogP contribution in [-0.2, 0) is 0 Å². The van der Waals surface area contributed by atoms with E-state index in [0.29, 0.717) is 19.0 Å². The molecule has 1 aliphatic heterocycles. The van der Waals surface area contributed by atoms with E-state index in [1.165, 1.54) is 4.90 Å². The summed E-state index contributed by atoms with van der Waals surface area (Å²) in [6.07, 6.45) is -2.13. The van der Waals surface area contributed by atoms with Gasteiger partial charge in [-0.3, -0.25) is 4.90 Å². The average molecular weight is 238 g/mol. The molecule has 0 aromatic carbocycles. The highest BCUT2D eigenvalue weighted by molar-refractivity contribution is 4.82. The number of rotatable bonds is 5. The molecule has 0 aromatic rings. The highest BCUT2D eigenvalue weighted by Gasteiger charge is 2.34. The molecule has 0 saturated carbocycles. The highest BCUT2D eigenvalue weighted by atomic mass is 19.4. The van der Waals surface area contributed by atoms with Crippen molar-refractivity contribution < 1.29 is 13.2 Å². The molecule has 1 saturated heterocycles. The van der Waals surface area contributed by atoms with Gasteiger partial charge < -0.3 is 5.32 Å². The summed E-state index contributed by atoms with van der Waals surface area (Å²) in [5.74, 6) is 0.594. The molecular weight excluding hydrogens is 217 g/mol. The van der Waals surface area contributed by atoms with E-state index in [1.807, 2.05) is 0 Å². The summed E-state index contributed by atoms with van der Waals surface area (Å²) in [6, 6.07) is 0.233. The van der Waals surface area contributed by atoms with Crippen LogP contribution in [0.1, 0.15) is 26.7 Å². The summed E-state index contributed by atoms with van der Waals surface area (Å²) in [7, 11) is 0. The maximum atomic E-state index is 12.1. The van der Waals surface area contributed by atoms with Crippen molar-refractivity contribution in [3.8, 4) is 0 Å². The molecule has 1 aliphatic rings. The Balaban J connectivity index is 2.20. The van der Waals surface area contributed by atoms with Crippen molar-refractivity contribution in [3.63, 3.8) is 0 Å². The smallest absolute Gasteiger partial charge is 0.312 e. The van der Waals surface area contributed by atoms with Crippen molar-refractivity contribution in [1.82, 2.24) is 10.2 Å². The van der Waals surface area contributed by atoms with Gasteiger partial charge in [-0.25, -0.2) is 0 Å². The zero-order chi connectivity index (χ0) is 12.2. The molecule has 0 aromatic heterocycles. The lowest BCUT2D eigenvalue weighted by atomic mass is 10.1.